The molecule has 4 heteroatoms. The molecule has 1 rings (SSSR count). The number of methoxy groups -OCH3 is 1. The van der Waals surface area contributed by atoms with Crippen molar-refractivity contribution < 1.29 is 14.6 Å². The van der Waals surface area contributed by atoms with Gasteiger partial charge in [0, 0.05) is 19.1 Å². The van der Waals surface area contributed by atoms with Crippen molar-refractivity contribution in [2.75, 3.05) is 26.8 Å². The van der Waals surface area contributed by atoms with E-state index in [4.69, 9.17) is 4.74 Å². The van der Waals surface area contributed by atoms with Crippen molar-refractivity contribution in [1.29, 1.82) is 0 Å². The van der Waals surface area contributed by atoms with Crippen LogP contribution in [0.15, 0.2) is 30.3 Å². The van der Waals surface area contributed by atoms with Gasteiger partial charge in [-0.05, 0) is 18.4 Å². The number of aliphatic hydroxyl groups excluding tert-OH is 1. The van der Waals surface area contributed by atoms with Gasteiger partial charge in [-0.15, -0.1) is 0 Å². The molecule has 1 aromatic rings. The molecule has 4 nitrogen and oxygen atoms in total. The summed E-state index contributed by atoms with van der Waals surface area (Å²) in [6, 6.07) is 10.1. The lowest BCUT2D eigenvalue weighted by Gasteiger charge is -2.32. The highest BCUT2D eigenvalue weighted by atomic mass is 16.5. The second-order valence-electron chi connectivity index (χ2n) is 5.18. The number of carbonyl (C=O) groups is 1. The maximum absolute atomic E-state index is 12.1. The molecule has 0 amide bonds. The molecule has 0 aromatic heterocycles. The lowest BCUT2D eigenvalue weighted by molar-refractivity contribution is -0.143. The van der Waals surface area contributed by atoms with Crippen molar-refractivity contribution in [3.8, 4) is 0 Å². The van der Waals surface area contributed by atoms with Gasteiger partial charge in [-0.3, -0.25) is 9.69 Å². The lowest BCUT2D eigenvalue weighted by Crippen LogP contribution is -2.41. The Hall–Kier alpha value is -1.39. The number of hydrogen-bond donors (Lipinski definition) is 1. The molecule has 118 valence electrons. The summed E-state index contributed by atoms with van der Waals surface area (Å²) in [6.45, 7) is 5.51. The van der Waals surface area contributed by atoms with E-state index < -0.39 is 0 Å². The van der Waals surface area contributed by atoms with Gasteiger partial charge in [-0.2, -0.15) is 0 Å². The molecule has 0 radical (unpaired) electrons. The van der Waals surface area contributed by atoms with Crippen LogP contribution in [0.25, 0.3) is 0 Å². The molecule has 0 saturated heterocycles. The van der Waals surface area contributed by atoms with E-state index in [1.807, 2.05) is 30.3 Å². The fraction of sp³-hybridized carbons (Fsp3) is 0.588. The highest BCUT2D eigenvalue weighted by Crippen LogP contribution is 2.21. The molecule has 0 saturated carbocycles. The Bertz CT molecular complexity index is 404. The predicted molar refractivity (Wildman–Crippen MR) is 84.2 cm³/mol. The average Bonchev–Trinajstić information content (AvgIpc) is 2.53. The van der Waals surface area contributed by atoms with Crippen molar-refractivity contribution in [2.45, 2.75) is 38.6 Å². The van der Waals surface area contributed by atoms with Gasteiger partial charge in [-0.25, -0.2) is 0 Å². The minimum Gasteiger partial charge on any atom is -0.469 e. The predicted octanol–water partition coefficient (Wildman–Crippen LogP) is 2.43. The maximum Gasteiger partial charge on any atom is 0.314 e. The van der Waals surface area contributed by atoms with Gasteiger partial charge in [0.25, 0.3) is 0 Å². The van der Waals surface area contributed by atoms with Gasteiger partial charge >= 0.3 is 5.97 Å². The SMILES string of the molecule is CCC(CC)N(CCO)CC(C(=O)OC)c1ccccc1. The Morgan fingerprint density at radius 2 is 1.86 bits per heavy atom. The molecule has 1 aromatic carbocycles. The molecule has 0 aliphatic carbocycles. The number of hydrogen-bond acceptors (Lipinski definition) is 4. The number of carbonyl (C=O) groups excluding carboxylic acids is 1. The van der Waals surface area contributed by atoms with Crippen LogP contribution in [0.4, 0.5) is 0 Å². The third-order valence-corrected chi connectivity index (χ3v) is 3.95. The van der Waals surface area contributed by atoms with Gasteiger partial charge in [0.2, 0.25) is 0 Å². The van der Waals surface area contributed by atoms with Crippen molar-refractivity contribution in [3.63, 3.8) is 0 Å². The number of nitrogens with zero attached hydrogens (tertiary/aromatic N) is 1. The van der Waals surface area contributed by atoms with Crippen LogP contribution in [0, 0.1) is 0 Å². The van der Waals surface area contributed by atoms with Gasteiger partial charge in [0.1, 0.15) is 0 Å². The van der Waals surface area contributed by atoms with Gasteiger partial charge in [-0.1, -0.05) is 44.2 Å². The summed E-state index contributed by atoms with van der Waals surface area (Å²) in [7, 11) is 1.42. The maximum atomic E-state index is 12.1. The molecule has 0 heterocycles. The van der Waals surface area contributed by atoms with E-state index in [-0.39, 0.29) is 18.5 Å². The van der Waals surface area contributed by atoms with Crippen LogP contribution in [-0.4, -0.2) is 48.8 Å². The van der Waals surface area contributed by atoms with Crippen molar-refractivity contribution in [3.05, 3.63) is 35.9 Å². The standard InChI is InChI=1S/C17H27NO3/c1-4-15(5-2)18(11-12-19)13-16(17(20)21-3)14-9-7-6-8-10-14/h6-10,15-16,19H,4-5,11-13H2,1-3H3. The Balaban J connectivity index is 2.95. The smallest absolute Gasteiger partial charge is 0.314 e. The first-order chi connectivity index (χ1) is 10.2. The molecule has 0 aliphatic rings. The monoisotopic (exact) mass is 293 g/mol. The van der Waals surface area contributed by atoms with E-state index in [0.29, 0.717) is 19.1 Å². The number of benzene rings is 1. The van der Waals surface area contributed by atoms with Crippen LogP contribution >= 0.6 is 0 Å². The first-order valence-corrected chi connectivity index (χ1v) is 7.65. The summed E-state index contributed by atoms with van der Waals surface area (Å²) in [5, 5.41) is 9.30. The van der Waals surface area contributed by atoms with Crippen LogP contribution in [0.2, 0.25) is 0 Å². The largest absolute Gasteiger partial charge is 0.469 e. The van der Waals surface area contributed by atoms with Crippen molar-refractivity contribution >= 4 is 5.97 Å². The molecule has 0 aliphatic heterocycles. The number of rotatable bonds is 9. The Labute approximate surface area is 127 Å². The molecule has 0 fully saturated rings. The van der Waals surface area contributed by atoms with E-state index in [1.54, 1.807) is 0 Å². The van der Waals surface area contributed by atoms with E-state index in [0.717, 1.165) is 18.4 Å². The summed E-state index contributed by atoms with van der Waals surface area (Å²) < 4.78 is 4.96. The minimum absolute atomic E-state index is 0.0964. The van der Waals surface area contributed by atoms with Crippen LogP contribution in [0.1, 0.15) is 38.2 Å². The van der Waals surface area contributed by atoms with Crippen LogP contribution in [-0.2, 0) is 9.53 Å². The topological polar surface area (TPSA) is 49.8 Å². The number of aliphatic hydroxyl groups is 1. The van der Waals surface area contributed by atoms with Crippen LogP contribution in [0.5, 0.6) is 0 Å². The van der Waals surface area contributed by atoms with Crippen LogP contribution < -0.4 is 0 Å². The van der Waals surface area contributed by atoms with E-state index >= 15 is 0 Å². The highest BCUT2D eigenvalue weighted by Gasteiger charge is 2.26. The van der Waals surface area contributed by atoms with Gasteiger partial charge in [0.05, 0.1) is 19.6 Å². The molecule has 1 N–H and O–H groups in total. The Morgan fingerprint density at radius 3 is 2.33 bits per heavy atom. The van der Waals surface area contributed by atoms with E-state index in [2.05, 4.69) is 18.7 Å². The molecule has 1 atom stereocenters. The molecule has 1 unspecified atom stereocenters. The van der Waals surface area contributed by atoms with Crippen molar-refractivity contribution in [1.82, 2.24) is 4.90 Å². The van der Waals surface area contributed by atoms with E-state index in [1.165, 1.54) is 7.11 Å². The zero-order chi connectivity index (χ0) is 15.7. The first-order valence-electron chi connectivity index (χ1n) is 7.65. The normalized spacial score (nSPS) is 12.7. The summed E-state index contributed by atoms with van der Waals surface area (Å²) in [5.41, 5.74) is 0.957. The lowest BCUT2D eigenvalue weighted by atomic mass is 9.97. The van der Waals surface area contributed by atoms with Gasteiger partial charge < -0.3 is 9.84 Å². The third kappa shape index (κ3) is 5.14. The average molecular weight is 293 g/mol. The van der Waals surface area contributed by atoms with Crippen LogP contribution in [0.3, 0.4) is 0 Å². The molecule has 21 heavy (non-hydrogen) atoms. The summed E-state index contributed by atoms with van der Waals surface area (Å²) in [4.78, 5) is 14.3. The van der Waals surface area contributed by atoms with Crippen molar-refractivity contribution in [2.24, 2.45) is 0 Å². The Morgan fingerprint density at radius 1 is 1.24 bits per heavy atom. The fourth-order valence-corrected chi connectivity index (χ4v) is 2.73. The summed E-state index contributed by atoms with van der Waals surface area (Å²) in [5.74, 6) is -0.543. The molecule has 0 spiro atoms. The minimum atomic E-state index is -0.316. The number of ether oxygens (including phenoxy) is 1. The third-order valence-electron chi connectivity index (χ3n) is 3.95. The van der Waals surface area contributed by atoms with E-state index in [9.17, 15) is 9.90 Å². The Kier molecular flexibility index (Phi) is 8.01. The summed E-state index contributed by atoms with van der Waals surface area (Å²) >= 11 is 0. The zero-order valence-electron chi connectivity index (χ0n) is 13.3. The quantitative estimate of drug-likeness (QED) is 0.710. The second-order valence-corrected chi connectivity index (χ2v) is 5.18. The molecular formula is C17H27NO3. The summed E-state index contributed by atoms with van der Waals surface area (Å²) in [6.07, 6.45) is 2.00. The molecular weight excluding hydrogens is 266 g/mol. The van der Waals surface area contributed by atoms with Gasteiger partial charge in [0.15, 0.2) is 0 Å². The second kappa shape index (κ2) is 9.53. The zero-order valence-corrected chi connectivity index (χ0v) is 13.3. The highest BCUT2D eigenvalue weighted by molar-refractivity contribution is 5.78. The molecule has 0 bridgehead atoms. The number of esters is 1. The first kappa shape index (κ1) is 17.7. The fourth-order valence-electron chi connectivity index (χ4n) is 2.73.